The zero-order valence-electron chi connectivity index (χ0n) is 19.6. The second-order valence-corrected chi connectivity index (χ2v) is 9.44. The number of piperidine rings is 1. The number of halogens is 1. The molecule has 5 rings (SSSR count). The molecule has 3 N–H and O–H groups in total. The summed E-state index contributed by atoms with van der Waals surface area (Å²) in [5, 5.41) is 9.10. The zero-order valence-corrected chi connectivity index (χ0v) is 20.3. The predicted octanol–water partition coefficient (Wildman–Crippen LogP) is 3.65. The van der Waals surface area contributed by atoms with Gasteiger partial charge < -0.3 is 20.9 Å². The largest absolute Gasteiger partial charge is 0.351 e. The van der Waals surface area contributed by atoms with Crippen LogP contribution in [0.2, 0.25) is 5.02 Å². The molecule has 1 unspecified atom stereocenters. The SMILES string of the molecule is C=C1CCC(N2C(=O)C=C(Nc3cccc4c3CN(C(=O)Nc3ccc(C)c(Cl)c3)C4)C2=O)C(=O)N1. The molecule has 2 aromatic rings. The number of hydrogen-bond acceptors (Lipinski definition) is 5. The molecule has 3 aliphatic rings. The summed E-state index contributed by atoms with van der Waals surface area (Å²) in [6.45, 7) is 6.32. The average Bonchev–Trinajstić information content (AvgIpc) is 3.39. The number of amides is 5. The van der Waals surface area contributed by atoms with E-state index in [-0.39, 0.29) is 11.7 Å². The number of urea groups is 1. The van der Waals surface area contributed by atoms with Gasteiger partial charge in [0.1, 0.15) is 11.7 Å². The first-order chi connectivity index (χ1) is 17.2. The maximum Gasteiger partial charge on any atom is 0.322 e. The minimum atomic E-state index is -0.873. The molecule has 0 aromatic heterocycles. The van der Waals surface area contributed by atoms with Crippen LogP contribution in [0.4, 0.5) is 16.2 Å². The number of fused-ring (bicyclic) bond motifs is 1. The van der Waals surface area contributed by atoms with E-state index in [0.717, 1.165) is 21.6 Å². The van der Waals surface area contributed by atoms with Crippen molar-refractivity contribution in [1.82, 2.24) is 15.1 Å². The smallest absolute Gasteiger partial charge is 0.322 e. The Morgan fingerprint density at radius 1 is 1.17 bits per heavy atom. The molecule has 184 valence electrons. The lowest BCUT2D eigenvalue weighted by molar-refractivity contribution is -0.146. The van der Waals surface area contributed by atoms with Crippen LogP contribution in [0.3, 0.4) is 0 Å². The van der Waals surface area contributed by atoms with Crippen LogP contribution in [-0.4, -0.2) is 39.6 Å². The minimum absolute atomic E-state index is 0.0859. The lowest BCUT2D eigenvalue weighted by Crippen LogP contribution is -2.52. The minimum Gasteiger partial charge on any atom is -0.351 e. The maximum atomic E-state index is 13.1. The van der Waals surface area contributed by atoms with Crippen LogP contribution in [0.15, 0.2) is 60.4 Å². The summed E-state index contributed by atoms with van der Waals surface area (Å²) in [6.07, 6.45) is 2.04. The molecule has 36 heavy (non-hydrogen) atoms. The van der Waals surface area contributed by atoms with E-state index in [1.54, 1.807) is 23.1 Å². The normalized spacial score (nSPS) is 19.3. The highest BCUT2D eigenvalue weighted by Crippen LogP contribution is 2.32. The van der Waals surface area contributed by atoms with Gasteiger partial charge in [-0.1, -0.05) is 36.4 Å². The lowest BCUT2D eigenvalue weighted by atomic mass is 10.0. The number of aryl methyl sites for hydroxylation is 1. The van der Waals surface area contributed by atoms with Gasteiger partial charge >= 0.3 is 6.03 Å². The van der Waals surface area contributed by atoms with E-state index in [1.807, 2.05) is 25.1 Å². The zero-order chi connectivity index (χ0) is 25.6. The van der Waals surface area contributed by atoms with Crippen LogP contribution in [0.5, 0.6) is 0 Å². The summed E-state index contributed by atoms with van der Waals surface area (Å²) < 4.78 is 0. The van der Waals surface area contributed by atoms with Crippen LogP contribution < -0.4 is 16.0 Å². The molecular weight excluding hydrogens is 482 g/mol. The number of nitrogens with zero attached hydrogens (tertiary/aromatic N) is 2. The van der Waals surface area contributed by atoms with Crippen molar-refractivity contribution in [2.75, 3.05) is 10.6 Å². The Bertz CT molecular complexity index is 1370. The first kappa shape index (κ1) is 23.6. The molecule has 1 fully saturated rings. The van der Waals surface area contributed by atoms with E-state index in [1.165, 1.54) is 6.08 Å². The Morgan fingerprint density at radius 3 is 2.72 bits per heavy atom. The highest BCUT2D eigenvalue weighted by Gasteiger charge is 2.41. The summed E-state index contributed by atoms with van der Waals surface area (Å²) in [7, 11) is 0. The van der Waals surface area contributed by atoms with Gasteiger partial charge in [0.2, 0.25) is 5.91 Å². The van der Waals surface area contributed by atoms with Gasteiger partial charge in [-0.2, -0.15) is 0 Å². The summed E-state index contributed by atoms with van der Waals surface area (Å²) >= 11 is 6.17. The molecule has 0 radical (unpaired) electrons. The van der Waals surface area contributed by atoms with Crippen LogP contribution >= 0.6 is 11.6 Å². The second-order valence-electron chi connectivity index (χ2n) is 9.04. The van der Waals surface area contributed by atoms with Crippen LogP contribution in [0.25, 0.3) is 0 Å². The van der Waals surface area contributed by atoms with Gasteiger partial charge in [-0.15, -0.1) is 0 Å². The van der Waals surface area contributed by atoms with Crippen molar-refractivity contribution in [3.63, 3.8) is 0 Å². The van der Waals surface area contributed by atoms with Gasteiger partial charge in [0.05, 0.1) is 6.54 Å². The third kappa shape index (κ3) is 4.33. The summed E-state index contributed by atoms with van der Waals surface area (Å²) in [6, 6.07) is 9.70. The lowest BCUT2D eigenvalue weighted by Gasteiger charge is -2.29. The Hall–Kier alpha value is -4.11. The van der Waals surface area contributed by atoms with Crippen LogP contribution in [-0.2, 0) is 27.5 Å². The number of allylic oxidation sites excluding steroid dienone is 1. The molecule has 0 spiro atoms. The first-order valence-electron chi connectivity index (χ1n) is 11.5. The monoisotopic (exact) mass is 505 g/mol. The number of imide groups is 1. The van der Waals surface area contributed by atoms with Crippen LogP contribution in [0.1, 0.15) is 29.5 Å². The Kier molecular flexibility index (Phi) is 6.01. The van der Waals surface area contributed by atoms with Crippen molar-refractivity contribution in [2.24, 2.45) is 0 Å². The summed E-state index contributed by atoms with van der Waals surface area (Å²) in [4.78, 5) is 53.6. The van der Waals surface area contributed by atoms with Crippen molar-refractivity contribution in [1.29, 1.82) is 0 Å². The number of benzene rings is 2. The molecule has 1 saturated heterocycles. The van der Waals surface area contributed by atoms with Crippen LogP contribution in [0, 0.1) is 6.92 Å². The number of hydrogen-bond donors (Lipinski definition) is 3. The molecule has 3 aliphatic heterocycles. The third-order valence-electron chi connectivity index (χ3n) is 6.55. The number of anilines is 2. The molecule has 0 bridgehead atoms. The predicted molar refractivity (Wildman–Crippen MR) is 135 cm³/mol. The topological polar surface area (TPSA) is 111 Å². The molecule has 1 atom stereocenters. The van der Waals surface area contributed by atoms with Gasteiger partial charge in [0.15, 0.2) is 0 Å². The van der Waals surface area contributed by atoms with Gasteiger partial charge in [0, 0.05) is 40.3 Å². The standard InChI is InChI=1S/C26H24ClN5O4/c1-14-6-8-17(10-19(14)27)29-26(36)31-12-16-4-3-5-20(18(16)13-31)30-21-11-23(33)32(25(21)35)22-9-7-15(2)28-24(22)34/h3-6,8,10-11,22,30H,2,7,9,12-13H2,1H3,(H,28,34)(H,29,36). The highest BCUT2D eigenvalue weighted by atomic mass is 35.5. The van der Waals surface area contributed by atoms with E-state index < -0.39 is 23.8 Å². The molecule has 5 amide bonds. The molecule has 2 aromatic carbocycles. The molecule has 10 heteroatoms. The molecular formula is C26H24ClN5O4. The van der Waals surface area contributed by atoms with E-state index in [4.69, 9.17) is 11.6 Å². The van der Waals surface area contributed by atoms with Crippen molar-refractivity contribution < 1.29 is 19.2 Å². The van der Waals surface area contributed by atoms with Gasteiger partial charge in [0.25, 0.3) is 11.8 Å². The Labute approximate surface area is 212 Å². The first-order valence-corrected chi connectivity index (χ1v) is 11.9. The number of rotatable bonds is 4. The summed E-state index contributed by atoms with van der Waals surface area (Å²) in [5.41, 5.74) is 4.57. The van der Waals surface area contributed by atoms with E-state index >= 15 is 0 Å². The quantitative estimate of drug-likeness (QED) is 0.549. The van der Waals surface area contributed by atoms with Crippen molar-refractivity contribution in [2.45, 2.75) is 38.9 Å². The van der Waals surface area contributed by atoms with E-state index in [0.29, 0.717) is 48.0 Å². The Balaban J connectivity index is 1.29. The van der Waals surface area contributed by atoms with Gasteiger partial charge in [-0.3, -0.25) is 19.3 Å². The second kappa shape index (κ2) is 9.16. The number of nitrogens with one attached hydrogen (secondary N) is 3. The molecule has 9 nitrogen and oxygen atoms in total. The number of carbonyl (C=O) groups excluding carboxylic acids is 4. The third-order valence-corrected chi connectivity index (χ3v) is 6.96. The fourth-order valence-electron chi connectivity index (χ4n) is 4.58. The Morgan fingerprint density at radius 2 is 1.97 bits per heavy atom. The van der Waals surface area contributed by atoms with Gasteiger partial charge in [-0.25, -0.2) is 4.79 Å². The molecule has 0 aliphatic carbocycles. The highest BCUT2D eigenvalue weighted by molar-refractivity contribution is 6.31. The maximum absolute atomic E-state index is 13.1. The fraction of sp³-hybridized carbons (Fsp3) is 0.231. The number of carbonyl (C=O) groups is 4. The van der Waals surface area contributed by atoms with E-state index in [2.05, 4.69) is 22.5 Å². The van der Waals surface area contributed by atoms with Gasteiger partial charge in [-0.05, 0) is 49.1 Å². The van der Waals surface area contributed by atoms with Crippen molar-refractivity contribution in [3.05, 3.63) is 82.2 Å². The average molecular weight is 506 g/mol. The molecule has 3 heterocycles. The fourth-order valence-corrected chi connectivity index (χ4v) is 4.76. The molecule has 0 saturated carbocycles. The van der Waals surface area contributed by atoms with E-state index in [9.17, 15) is 19.2 Å². The van der Waals surface area contributed by atoms with Crippen molar-refractivity contribution >= 4 is 46.7 Å². The van der Waals surface area contributed by atoms with Crippen molar-refractivity contribution in [3.8, 4) is 0 Å². The summed E-state index contributed by atoms with van der Waals surface area (Å²) in [5.74, 6) is -1.52.